The van der Waals surface area contributed by atoms with Crippen LogP contribution in [0.5, 0.6) is 5.75 Å². The fourth-order valence-corrected chi connectivity index (χ4v) is 1.97. The maximum absolute atomic E-state index is 11.6. The van der Waals surface area contributed by atoms with Crippen molar-refractivity contribution in [1.82, 2.24) is 0 Å². The Labute approximate surface area is 99.5 Å². The average Bonchev–Trinajstić information content (AvgIpc) is 2.61. The Morgan fingerprint density at radius 2 is 1.88 bits per heavy atom. The van der Waals surface area contributed by atoms with E-state index in [1.807, 2.05) is 26.0 Å². The minimum Gasteiger partial charge on any atom is -0.496 e. The van der Waals surface area contributed by atoms with Crippen LogP contribution in [-0.2, 0) is 14.3 Å². The number of hydrogen-bond acceptors (Lipinski definition) is 4. The van der Waals surface area contributed by atoms with Gasteiger partial charge in [-0.05, 0) is 31.0 Å². The SMILES string of the molecule is COc1cc(C)c(C)cc1C1CC(=O)OC1=O. The third-order valence-electron chi connectivity index (χ3n) is 3.09. The molecule has 1 saturated heterocycles. The van der Waals surface area contributed by atoms with Crippen LogP contribution in [0.3, 0.4) is 0 Å². The van der Waals surface area contributed by atoms with Crippen molar-refractivity contribution in [2.75, 3.05) is 7.11 Å². The van der Waals surface area contributed by atoms with Gasteiger partial charge in [-0.2, -0.15) is 0 Å². The highest BCUT2D eigenvalue weighted by atomic mass is 16.6. The Balaban J connectivity index is 2.47. The van der Waals surface area contributed by atoms with Gasteiger partial charge in [-0.15, -0.1) is 0 Å². The number of aryl methyl sites for hydroxylation is 2. The highest BCUT2D eigenvalue weighted by Crippen LogP contribution is 2.35. The van der Waals surface area contributed by atoms with Gasteiger partial charge in [0, 0.05) is 5.56 Å². The topological polar surface area (TPSA) is 52.6 Å². The Morgan fingerprint density at radius 3 is 2.41 bits per heavy atom. The first-order chi connectivity index (χ1) is 8.02. The van der Waals surface area contributed by atoms with Gasteiger partial charge in [0.1, 0.15) is 5.75 Å². The summed E-state index contributed by atoms with van der Waals surface area (Å²) < 4.78 is 9.82. The minimum atomic E-state index is -0.531. The van der Waals surface area contributed by atoms with Gasteiger partial charge in [-0.25, -0.2) is 0 Å². The predicted molar refractivity (Wildman–Crippen MR) is 60.9 cm³/mol. The van der Waals surface area contributed by atoms with Crippen molar-refractivity contribution in [3.05, 3.63) is 28.8 Å². The Morgan fingerprint density at radius 1 is 1.24 bits per heavy atom. The van der Waals surface area contributed by atoms with Crippen LogP contribution in [-0.4, -0.2) is 19.0 Å². The molecule has 0 bridgehead atoms. The lowest BCUT2D eigenvalue weighted by Gasteiger charge is -2.13. The van der Waals surface area contributed by atoms with E-state index in [-0.39, 0.29) is 6.42 Å². The van der Waals surface area contributed by atoms with Crippen LogP contribution in [0.15, 0.2) is 12.1 Å². The zero-order valence-corrected chi connectivity index (χ0v) is 10.1. The van der Waals surface area contributed by atoms with Crippen molar-refractivity contribution in [1.29, 1.82) is 0 Å². The van der Waals surface area contributed by atoms with Crippen molar-refractivity contribution in [3.63, 3.8) is 0 Å². The summed E-state index contributed by atoms with van der Waals surface area (Å²) in [5.74, 6) is -0.863. The number of carbonyl (C=O) groups is 2. The fourth-order valence-electron chi connectivity index (χ4n) is 1.97. The molecular weight excluding hydrogens is 220 g/mol. The lowest BCUT2D eigenvalue weighted by Crippen LogP contribution is -2.08. The number of benzene rings is 1. The molecule has 0 saturated carbocycles. The molecule has 1 aromatic rings. The van der Waals surface area contributed by atoms with Gasteiger partial charge in [0.2, 0.25) is 0 Å². The minimum absolute atomic E-state index is 0.0949. The molecule has 90 valence electrons. The first kappa shape index (κ1) is 11.6. The van der Waals surface area contributed by atoms with E-state index < -0.39 is 17.9 Å². The van der Waals surface area contributed by atoms with E-state index in [2.05, 4.69) is 4.74 Å². The van der Waals surface area contributed by atoms with Crippen molar-refractivity contribution < 1.29 is 19.1 Å². The number of methoxy groups -OCH3 is 1. The maximum Gasteiger partial charge on any atom is 0.321 e. The molecule has 17 heavy (non-hydrogen) atoms. The highest BCUT2D eigenvalue weighted by Gasteiger charge is 2.36. The van der Waals surface area contributed by atoms with E-state index >= 15 is 0 Å². The second-order valence-corrected chi connectivity index (χ2v) is 4.23. The van der Waals surface area contributed by atoms with Crippen molar-refractivity contribution in [2.24, 2.45) is 0 Å². The summed E-state index contributed by atoms with van der Waals surface area (Å²) in [5.41, 5.74) is 2.88. The molecule has 1 fully saturated rings. The fraction of sp³-hybridized carbons (Fsp3) is 0.385. The second-order valence-electron chi connectivity index (χ2n) is 4.23. The zero-order valence-electron chi connectivity index (χ0n) is 10.1. The largest absolute Gasteiger partial charge is 0.496 e. The molecule has 2 rings (SSSR count). The van der Waals surface area contributed by atoms with Gasteiger partial charge >= 0.3 is 11.9 Å². The summed E-state index contributed by atoms with van der Waals surface area (Å²) in [4.78, 5) is 22.7. The van der Waals surface area contributed by atoms with E-state index in [0.717, 1.165) is 16.7 Å². The predicted octanol–water partition coefficient (Wildman–Crippen LogP) is 1.87. The summed E-state index contributed by atoms with van der Waals surface area (Å²) >= 11 is 0. The summed E-state index contributed by atoms with van der Waals surface area (Å²) in [6.45, 7) is 3.93. The molecule has 1 unspecified atom stereocenters. The van der Waals surface area contributed by atoms with Crippen LogP contribution in [0.25, 0.3) is 0 Å². The number of cyclic esters (lactones) is 2. The van der Waals surface area contributed by atoms with Gasteiger partial charge in [0.15, 0.2) is 0 Å². The van der Waals surface area contributed by atoms with E-state index in [0.29, 0.717) is 5.75 Å². The van der Waals surface area contributed by atoms with E-state index in [4.69, 9.17) is 4.74 Å². The van der Waals surface area contributed by atoms with Crippen LogP contribution < -0.4 is 4.74 Å². The summed E-state index contributed by atoms with van der Waals surface area (Å²) in [6, 6.07) is 3.76. The molecule has 1 atom stereocenters. The van der Waals surface area contributed by atoms with Gasteiger partial charge in [0.25, 0.3) is 0 Å². The van der Waals surface area contributed by atoms with Crippen molar-refractivity contribution >= 4 is 11.9 Å². The number of ether oxygens (including phenoxy) is 2. The summed E-state index contributed by atoms with van der Waals surface area (Å²) in [7, 11) is 1.55. The number of rotatable bonds is 2. The lowest BCUT2D eigenvalue weighted by atomic mass is 9.93. The highest BCUT2D eigenvalue weighted by molar-refractivity contribution is 5.98. The van der Waals surface area contributed by atoms with Crippen LogP contribution in [0, 0.1) is 13.8 Å². The molecule has 0 aliphatic carbocycles. The van der Waals surface area contributed by atoms with Crippen molar-refractivity contribution in [2.45, 2.75) is 26.2 Å². The molecule has 0 aromatic heterocycles. The maximum atomic E-state index is 11.6. The lowest BCUT2D eigenvalue weighted by molar-refractivity contribution is -0.152. The quantitative estimate of drug-likeness (QED) is 0.579. The van der Waals surface area contributed by atoms with Crippen LogP contribution >= 0.6 is 0 Å². The van der Waals surface area contributed by atoms with Gasteiger partial charge in [-0.1, -0.05) is 6.07 Å². The smallest absolute Gasteiger partial charge is 0.321 e. The van der Waals surface area contributed by atoms with Gasteiger partial charge in [0.05, 0.1) is 19.4 Å². The molecule has 1 aromatic carbocycles. The van der Waals surface area contributed by atoms with Crippen LogP contribution in [0.4, 0.5) is 0 Å². The Hall–Kier alpha value is -1.84. The summed E-state index contributed by atoms with van der Waals surface area (Å²) in [6.07, 6.45) is 0.0949. The third kappa shape index (κ3) is 2.02. The molecule has 0 radical (unpaired) electrons. The molecule has 1 heterocycles. The average molecular weight is 234 g/mol. The van der Waals surface area contributed by atoms with Gasteiger partial charge < -0.3 is 9.47 Å². The monoisotopic (exact) mass is 234 g/mol. The van der Waals surface area contributed by atoms with Gasteiger partial charge in [-0.3, -0.25) is 9.59 Å². The zero-order chi connectivity index (χ0) is 12.6. The molecule has 1 aliphatic rings. The third-order valence-corrected chi connectivity index (χ3v) is 3.09. The van der Waals surface area contributed by atoms with E-state index in [1.54, 1.807) is 7.11 Å². The first-order valence-corrected chi connectivity index (χ1v) is 5.42. The number of esters is 2. The normalized spacial score (nSPS) is 19.4. The number of hydrogen-bond donors (Lipinski definition) is 0. The molecule has 0 N–H and O–H groups in total. The van der Waals surface area contributed by atoms with Crippen LogP contribution in [0.1, 0.15) is 29.0 Å². The first-order valence-electron chi connectivity index (χ1n) is 5.42. The summed E-state index contributed by atoms with van der Waals surface area (Å²) in [5, 5.41) is 0. The second kappa shape index (κ2) is 4.20. The molecule has 4 nitrogen and oxygen atoms in total. The molecule has 0 spiro atoms. The Bertz CT molecular complexity index is 490. The standard InChI is InChI=1S/C13H14O4/c1-7-4-9(11(16-3)5-8(7)2)10-6-12(14)17-13(10)15/h4-5,10H,6H2,1-3H3. The van der Waals surface area contributed by atoms with E-state index in [1.165, 1.54) is 0 Å². The Kier molecular flexibility index (Phi) is 2.88. The van der Waals surface area contributed by atoms with E-state index in [9.17, 15) is 9.59 Å². The molecule has 0 amide bonds. The molecular formula is C13H14O4. The number of carbonyl (C=O) groups excluding carboxylic acids is 2. The van der Waals surface area contributed by atoms with Crippen molar-refractivity contribution in [3.8, 4) is 5.75 Å². The molecule has 1 aliphatic heterocycles. The molecule has 4 heteroatoms. The van der Waals surface area contributed by atoms with Crippen LogP contribution in [0.2, 0.25) is 0 Å².